The van der Waals surface area contributed by atoms with Crippen LogP contribution >= 0.6 is 22.9 Å². The Morgan fingerprint density at radius 2 is 1.73 bits per heavy atom. The normalized spacial score (nSPS) is 12.6. The summed E-state index contributed by atoms with van der Waals surface area (Å²) < 4.78 is 41.4. The minimum absolute atomic E-state index is 0.0864. The molecule has 1 unspecified atom stereocenters. The molecule has 33 heavy (non-hydrogen) atoms. The van der Waals surface area contributed by atoms with Gasteiger partial charge in [-0.1, -0.05) is 36.7 Å². The lowest BCUT2D eigenvalue weighted by Gasteiger charge is -2.30. The van der Waals surface area contributed by atoms with Crippen LogP contribution in [0.15, 0.2) is 70.9 Å². The molecule has 3 aromatic rings. The smallest absolute Gasteiger partial charge is 0.243 e. The highest BCUT2D eigenvalue weighted by Crippen LogP contribution is 2.23. The largest absolute Gasteiger partial charge is 0.332 e. The molecule has 1 aromatic heterocycles. The lowest BCUT2D eigenvalue weighted by molar-refractivity contribution is -0.133. The van der Waals surface area contributed by atoms with Crippen molar-refractivity contribution in [2.24, 2.45) is 0 Å². The molecule has 5 nitrogen and oxygen atoms in total. The highest BCUT2D eigenvalue weighted by molar-refractivity contribution is 7.89. The Kier molecular flexibility index (Phi) is 8.64. The molecule has 176 valence electrons. The molecule has 1 heterocycles. The van der Waals surface area contributed by atoms with Crippen LogP contribution in [0.2, 0.25) is 5.02 Å². The van der Waals surface area contributed by atoms with Crippen molar-refractivity contribution in [1.82, 2.24) is 9.21 Å². The summed E-state index contributed by atoms with van der Waals surface area (Å²) in [5.41, 5.74) is 0.761. The summed E-state index contributed by atoms with van der Waals surface area (Å²) >= 11 is 7.44. The first-order chi connectivity index (χ1) is 15.7. The quantitative estimate of drug-likeness (QED) is 0.360. The lowest BCUT2D eigenvalue weighted by Crippen LogP contribution is -2.46. The molecule has 0 fully saturated rings. The van der Waals surface area contributed by atoms with E-state index in [-0.39, 0.29) is 35.8 Å². The molecule has 0 saturated carbocycles. The minimum atomic E-state index is -3.92. The molecule has 0 aliphatic carbocycles. The summed E-state index contributed by atoms with van der Waals surface area (Å²) in [4.78, 5) is 16.1. The Morgan fingerprint density at radius 3 is 2.30 bits per heavy atom. The summed E-state index contributed by atoms with van der Waals surface area (Å²) in [6.45, 7) is 3.94. The number of carbonyl (C=O) groups is 1. The second-order valence-electron chi connectivity index (χ2n) is 7.72. The van der Waals surface area contributed by atoms with Gasteiger partial charge in [0.15, 0.2) is 0 Å². The fourth-order valence-corrected chi connectivity index (χ4v) is 5.79. The SMILES string of the molecule is CCC(C)N(CC(=O)N(Cc1ccc(F)cc1)Cc1cccs1)S(=O)(=O)c1ccc(Cl)cc1. The highest BCUT2D eigenvalue weighted by atomic mass is 35.5. The van der Waals surface area contributed by atoms with Crippen LogP contribution in [0, 0.1) is 5.82 Å². The first-order valence-electron chi connectivity index (χ1n) is 10.5. The number of sulfonamides is 1. The number of amides is 1. The van der Waals surface area contributed by atoms with Crippen LogP contribution in [0.25, 0.3) is 0 Å². The van der Waals surface area contributed by atoms with Gasteiger partial charge in [-0.2, -0.15) is 4.31 Å². The van der Waals surface area contributed by atoms with Crippen molar-refractivity contribution in [3.63, 3.8) is 0 Å². The molecule has 9 heteroatoms. The second kappa shape index (κ2) is 11.2. The predicted octanol–water partition coefficient (Wildman–Crippen LogP) is 5.56. The molecule has 0 N–H and O–H groups in total. The van der Waals surface area contributed by atoms with Gasteiger partial charge >= 0.3 is 0 Å². The Hall–Kier alpha value is -2.26. The fraction of sp³-hybridized carbons (Fsp3) is 0.292. The van der Waals surface area contributed by atoms with Crippen molar-refractivity contribution in [2.45, 2.75) is 44.3 Å². The zero-order valence-corrected chi connectivity index (χ0v) is 20.8. The van der Waals surface area contributed by atoms with Gasteiger partial charge in [0.05, 0.1) is 18.0 Å². The van der Waals surface area contributed by atoms with Crippen LogP contribution in [0.1, 0.15) is 30.7 Å². The summed E-state index contributed by atoms with van der Waals surface area (Å²) in [5.74, 6) is -0.683. The van der Waals surface area contributed by atoms with Gasteiger partial charge in [-0.05, 0) is 66.8 Å². The molecule has 1 atom stereocenters. The van der Waals surface area contributed by atoms with Crippen LogP contribution in [0.5, 0.6) is 0 Å². The number of halogens is 2. The Bertz CT molecular complexity index is 1150. The van der Waals surface area contributed by atoms with E-state index in [1.807, 2.05) is 24.4 Å². The van der Waals surface area contributed by atoms with E-state index in [1.54, 1.807) is 24.0 Å². The molecule has 0 spiro atoms. The van der Waals surface area contributed by atoms with Crippen molar-refractivity contribution >= 4 is 38.9 Å². The third kappa shape index (κ3) is 6.63. The zero-order chi connectivity index (χ0) is 24.0. The number of nitrogens with zero attached hydrogens (tertiary/aromatic N) is 2. The van der Waals surface area contributed by atoms with Crippen molar-refractivity contribution in [3.8, 4) is 0 Å². The first kappa shape index (κ1) is 25.4. The summed E-state index contributed by atoms with van der Waals surface area (Å²) in [5, 5.41) is 2.35. The molecule has 0 aliphatic heterocycles. The van der Waals surface area contributed by atoms with E-state index < -0.39 is 10.0 Å². The third-order valence-corrected chi connectivity index (χ3v) is 8.45. The van der Waals surface area contributed by atoms with Gasteiger partial charge in [-0.15, -0.1) is 11.3 Å². The maximum atomic E-state index is 13.4. The van der Waals surface area contributed by atoms with Gasteiger partial charge in [0.2, 0.25) is 15.9 Å². The van der Waals surface area contributed by atoms with E-state index in [1.165, 1.54) is 52.0 Å². The van der Waals surface area contributed by atoms with E-state index in [4.69, 9.17) is 11.6 Å². The number of rotatable bonds is 10. The summed E-state index contributed by atoms with van der Waals surface area (Å²) in [6, 6.07) is 15.3. The summed E-state index contributed by atoms with van der Waals surface area (Å²) in [6.07, 6.45) is 0.545. The number of benzene rings is 2. The van der Waals surface area contributed by atoms with Crippen LogP contribution < -0.4 is 0 Å². The van der Waals surface area contributed by atoms with Crippen LogP contribution in [0.4, 0.5) is 4.39 Å². The lowest BCUT2D eigenvalue weighted by atomic mass is 10.2. The number of hydrogen-bond acceptors (Lipinski definition) is 4. The average Bonchev–Trinajstić information content (AvgIpc) is 3.31. The molecule has 0 saturated heterocycles. The Balaban J connectivity index is 1.88. The van der Waals surface area contributed by atoms with E-state index >= 15 is 0 Å². The van der Waals surface area contributed by atoms with Crippen molar-refractivity contribution < 1.29 is 17.6 Å². The number of carbonyl (C=O) groups excluding carboxylic acids is 1. The standard InChI is InChI=1S/C24H26ClFN2O3S2/c1-3-18(2)28(33(30,31)23-12-8-20(25)9-13-23)17-24(29)27(16-22-5-4-14-32-22)15-19-6-10-21(26)11-7-19/h4-14,18H,3,15-17H2,1-2H3. The molecule has 0 radical (unpaired) electrons. The van der Waals surface area contributed by atoms with Crippen LogP contribution in [0.3, 0.4) is 0 Å². The fourth-order valence-electron chi connectivity index (χ4n) is 3.29. The van der Waals surface area contributed by atoms with Gasteiger partial charge < -0.3 is 4.90 Å². The molecular formula is C24H26ClFN2O3S2. The number of thiophene rings is 1. The predicted molar refractivity (Wildman–Crippen MR) is 130 cm³/mol. The maximum absolute atomic E-state index is 13.4. The zero-order valence-electron chi connectivity index (χ0n) is 18.4. The maximum Gasteiger partial charge on any atom is 0.243 e. The highest BCUT2D eigenvalue weighted by Gasteiger charge is 2.32. The van der Waals surface area contributed by atoms with Crippen LogP contribution in [-0.4, -0.2) is 36.1 Å². The van der Waals surface area contributed by atoms with Crippen molar-refractivity contribution in [3.05, 3.63) is 87.3 Å². The molecule has 0 bridgehead atoms. The molecule has 0 aliphatic rings. The van der Waals surface area contributed by atoms with Gasteiger partial charge in [-0.25, -0.2) is 12.8 Å². The topological polar surface area (TPSA) is 57.7 Å². The monoisotopic (exact) mass is 508 g/mol. The molecular weight excluding hydrogens is 483 g/mol. The average molecular weight is 509 g/mol. The van der Waals surface area contributed by atoms with Crippen LogP contribution in [-0.2, 0) is 27.9 Å². The second-order valence-corrected chi connectivity index (χ2v) is 11.1. The van der Waals surface area contributed by atoms with Crippen molar-refractivity contribution in [1.29, 1.82) is 0 Å². The van der Waals surface area contributed by atoms with E-state index in [0.29, 0.717) is 18.0 Å². The third-order valence-electron chi connectivity index (χ3n) is 5.36. The van der Waals surface area contributed by atoms with Gasteiger partial charge in [0.25, 0.3) is 0 Å². The van der Waals surface area contributed by atoms with Gasteiger partial charge in [0, 0.05) is 22.5 Å². The van der Waals surface area contributed by atoms with E-state index in [0.717, 1.165) is 10.4 Å². The van der Waals surface area contributed by atoms with Gasteiger partial charge in [0.1, 0.15) is 5.82 Å². The molecule has 1 amide bonds. The van der Waals surface area contributed by atoms with E-state index in [9.17, 15) is 17.6 Å². The van der Waals surface area contributed by atoms with E-state index in [2.05, 4.69) is 0 Å². The van der Waals surface area contributed by atoms with Gasteiger partial charge in [-0.3, -0.25) is 4.79 Å². The summed E-state index contributed by atoms with van der Waals surface area (Å²) in [7, 11) is -3.92. The molecule has 3 rings (SSSR count). The number of hydrogen-bond donors (Lipinski definition) is 0. The molecule has 2 aromatic carbocycles. The first-order valence-corrected chi connectivity index (χ1v) is 13.2. The Morgan fingerprint density at radius 1 is 1.06 bits per heavy atom. The minimum Gasteiger partial charge on any atom is -0.332 e. The van der Waals surface area contributed by atoms with Crippen molar-refractivity contribution in [2.75, 3.05) is 6.54 Å². The Labute approximate surface area is 203 Å².